The summed E-state index contributed by atoms with van der Waals surface area (Å²) < 4.78 is -1.12. The molecule has 0 saturated carbocycles. The van der Waals surface area contributed by atoms with Crippen molar-refractivity contribution < 1.29 is 0 Å². The average Bonchev–Trinajstić information content (AvgIpc) is 2.29. The van der Waals surface area contributed by atoms with Crippen LogP contribution in [0.3, 0.4) is 0 Å². The number of alkyl halides is 2. The molecule has 2 aromatic rings. The third-order valence-electron chi connectivity index (χ3n) is 2.59. The van der Waals surface area contributed by atoms with E-state index in [2.05, 4.69) is 0 Å². The second-order valence-corrected chi connectivity index (χ2v) is 5.66. The monoisotopic (exact) mass is 284 g/mol. The van der Waals surface area contributed by atoms with Crippen LogP contribution in [0.15, 0.2) is 48.5 Å². The Labute approximate surface area is 116 Å². The molecule has 88 valence electrons. The maximum Gasteiger partial charge on any atom is 0.169 e. The largest absolute Gasteiger partial charge is 0.169 e. The van der Waals surface area contributed by atoms with Crippen LogP contribution in [0.25, 0.3) is 0 Å². The van der Waals surface area contributed by atoms with E-state index in [0.717, 1.165) is 11.1 Å². The summed E-state index contributed by atoms with van der Waals surface area (Å²) >= 11 is 19.0. The Balaban J connectivity index is 2.53. The number of benzene rings is 2. The minimum atomic E-state index is -1.12. The number of hydrogen-bond donors (Lipinski definition) is 0. The summed E-state index contributed by atoms with van der Waals surface area (Å²) in [5.74, 6) is 0. The van der Waals surface area contributed by atoms with Crippen molar-refractivity contribution in [3.8, 4) is 0 Å². The highest BCUT2D eigenvalue weighted by atomic mass is 35.5. The van der Waals surface area contributed by atoms with E-state index < -0.39 is 4.33 Å². The first-order valence-electron chi connectivity index (χ1n) is 5.22. The molecule has 3 heteroatoms. The Morgan fingerprint density at radius 1 is 0.941 bits per heavy atom. The summed E-state index contributed by atoms with van der Waals surface area (Å²) in [6, 6.07) is 15.1. The van der Waals surface area contributed by atoms with Crippen LogP contribution in [0.5, 0.6) is 0 Å². The van der Waals surface area contributed by atoms with Gasteiger partial charge in [0.15, 0.2) is 4.33 Å². The van der Waals surface area contributed by atoms with Crippen LogP contribution in [0.1, 0.15) is 16.7 Å². The highest BCUT2D eigenvalue weighted by molar-refractivity contribution is 6.51. The summed E-state index contributed by atoms with van der Waals surface area (Å²) in [5.41, 5.74) is 2.64. The van der Waals surface area contributed by atoms with Gasteiger partial charge in [0.05, 0.1) is 0 Å². The molecular weight excluding hydrogens is 275 g/mol. The fourth-order valence-corrected chi connectivity index (χ4v) is 2.65. The van der Waals surface area contributed by atoms with Crippen LogP contribution >= 0.6 is 34.8 Å². The van der Waals surface area contributed by atoms with Crippen molar-refractivity contribution in [2.75, 3.05) is 0 Å². The van der Waals surface area contributed by atoms with Gasteiger partial charge in [-0.05, 0) is 18.6 Å². The number of halogens is 3. The Kier molecular flexibility index (Phi) is 3.67. The van der Waals surface area contributed by atoms with E-state index >= 15 is 0 Å². The lowest BCUT2D eigenvalue weighted by atomic mass is 10.0. The molecule has 0 atom stereocenters. The normalized spacial score (nSPS) is 11.5. The lowest BCUT2D eigenvalue weighted by Gasteiger charge is -2.22. The zero-order valence-electron chi connectivity index (χ0n) is 9.25. The lowest BCUT2D eigenvalue weighted by molar-refractivity contribution is 1.03. The predicted molar refractivity (Wildman–Crippen MR) is 75.1 cm³/mol. The third-order valence-corrected chi connectivity index (χ3v) is 3.77. The molecule has 0 aromatic heterocycles. The van der Waals surface area contributed by atoms with Crippen LogP contribution in [0, 0.1) is 6.92 Å². The van der Waals surface area contributed by atoms with Crippen molar-refractivity contribution in [2.45, 2.75) is 11.3 Å². The predicted octanol–water partition coefficient (Wildman–Crippen LogP) is 5.33. The molecule has 0 aliphatic heterocycles. The number of hydrogen-bond acceptors (Lipinski definition) is 0. The van der Waals surface area contributed by atoms with E-state index in [1.54, 1.807) is 6.07 Å². The van der Waals surface area contributed by atoms with E-state index in [-0.39, 0.29) is 0 Å². The fraction of sp³-hybridized carbons (Fsp3) is 0.143. The zero-order valence-corrected chi connectivity index (χ0v) is 11.5. The van der Waals surface area contributed by atoms with E-state index in [1.165, 1.54) is 0 Å². The Morgan fingerprint density at radius 3 is 2.29 bits per heavy atom. The molecule has 0 heterocycles. The fourth-order valence-electron chi connectivity index (χ4n) is 1.71. The minimum absolute atomic E-state index is 0.569. The van der Waals surface area contributed by atoms with Gasteiger partial charge >= 0.3 is 0 Å². The van der Waals surface area contributed by atoms with Gasteiger partial charge in [0.1, 0.15) is 0 Å². The van der Waals surface area contributed by atoms with Gasteiger partial charge in [0.2, 0.25) is 0 Å². The Bertz CT molecular complexity index is 532. The maximum atomic E-state index is 6.45. The van der Waals surface area contributed by atoms with Gasteiger partial charge in [0, 0.05) is 10.6 Å². The van der Waals surface area contributed by atoms with E-state index in [0.29, 0.717) is 10.6 Å². The van der Waals surface area contributed by atoms with Crippen LogP contribution in [0.4, 0.5) is 0 Å². The van der Waals surface area contributed by atoms with Crippen molar-refractivity contribution >= 4 is 34.8 Å². The second kappa shape index (κ2) is 4.89. The molecule has 0 nitrogen and oxygen atoms in total. The summed E-state index contributed by atoms with van der Waals surface area (Å²) in [6.45, 7) is 2.00. The highest BCUT2D eigenvalue weighted by Gasteiger charge is 2.30. The molecule has 0 saturated heterocycles. The molecule has 0 spiro atoms. The van der Waals surface area contributed by atoms with Crippen molar-refractivity contribution in [3.63, 3.8) is 0 Å². The molecule has 17 heavy (non-hydrogen) atoms. The summed E-state index contributed by atoms with van der Waals surface area (Å²) in [7, 11) is 0. The minimum Gasteiger partial charge on any atom is -0.0909 e. The van der Waals surface area contributed by atoms with Gasteiger partial charge in [-0.2, -0.15) is 0 Å². The Hall–Kier alpha value is -0.690. The second-order valence-electron chi connectivity index (χ2n) is 3.92. The van der Waals surface area contributed by atoms with Crippen LogP contribution in [-0.2, 0) is 4.33 Å². The topological polar surface area (TPSA) is 0 Å². The zero-order chi connectivity index (χ0) is 12.5. The molecule has 0 N–H and O–H groups in total. The molecule has 0 radical (unpaired) electrons. The first-order chi connectivity index (χ1) is 8.01. The smallest absolute Gasteiger partial charge is 0.0909 e. The number of aryl methyl sites for hydroxylation is 1. The van der Waals surface area contributed by atoms with E-state index in [9.17, 15) is 0 Å². The van der Waals surface area contributed by atoms with Gasteiger partial charge in [-0.1, -0.05) is 82.8 Å². The SMILES string of the molecule is Cc1cccc(C(Cl)(Cl)c2ccccc2Cl)c1. The van der Waals surface area contributed by atoms with Gasteiger partial charge in [-0.3, -0.25) is 0 Å². The molecule has 0 fully saturated rings. The standard InChI is InChI=1S/C14H11Cl3/c1-10-5-4-6-11(9-10)14(16,17)12-7-2-3-8-13(12)15/h2-9H,1H3. The van der Waals surface area contributed by atoms with Gasteiger partial charge in [-0.25, -0.2) is 0 Å². The molecule has 0 aliphatic rings. The van der Waals surface area contributed by atoms with E-state index in [4.69, 9.17) is 34.8 Å². The van der Waals surface area contributed by atoms with Gasteiger partial charge in [0.25, 0.3) is 0 Å². The highest BCUT2D eigenvalue weighted by Crippen LogP contribution is 2.43. The van der Waals surface area contributed by atoms with Crippen LogP contribution < -0.4 is 0 Å². The molecule has 0 bridgehead atoms. The molecule has 0 amide bonds. The van der Waals surface area contributed by atoms with Crippen molar-refractivity contribution in [3.05, 3.63) is 70.2 Å². The van der Waals surface area contributed by atoms with Crippen molar-refractivity contribution in [1.29, 1.82) is 0 Å². The first-order valence-corrected chi connectivity index (χ1v) is 6.35. The number of rotatable bonds is 2. The summed E-state index contributed by atoms with van der Waals surface area (Å²) in [4.78, 5) is 0. The first kappa shape index (κ1) is 12.8. The van der Waals surface area contributed by atoms with Crippen LogP contribution in [-0.4, -0.2) is 0 Å². The molecule has 2 rings (SSSR count). The van der Waals surface area contributed by atoms with E-state index in [1.807, 2.05) is 49.4 Å². The average molecular weight is 286 g/mol. The summed E-state index contributed by atoms with van der Waals surface area (Å²) in [5, 5.41) is 0.569. The van der Waals surface area contributed by atoms with Gasteiger partial charge < -0.3 is 0 Å². The molecule has 0 unspecified atom stereocenters. The maximum absolute atomic E-state index is 6.45. The lowest BCUT2D eigenvalue weighted by Crippen LogP contribution is -2.13. The quantitative estimate of drug-likeness (QED) is 0.654. The molecular formula is C14H11Cl3. The molecule has 0 aliphatic carbocycles. The molecule has 2 aromatic carbocycles. The van der Waals surface area contributed by atoms with Crippen LogP contribution in [0.2, 0.25) is 5.02 Å². The van der Waals surface area contributed by atoms with Gasteiger partial charge in [-0.15, -0.1) is 0 Å². The third kappa shape index (κ3) is 2.60. The Morgan fingerprint density at radius 2 is 1.65 bits per heavy atom. The van der Waals surface area contributed by atoms with Crippen molar-refractivity contribution in [1.82, 2.24) is 0 Å². The summed E-state index contributed by atoms with van der Waals surface area (Å²) in [6.07, 6.45) is 0. The van der Waals surface area contributed by atoms with Crippen molar-refractivity contribution in [2.24, 2.45) is 0 Å².